The van der Waals surface area contributed by atoms with E-state index in [9.17, 15) is 0 Å². The van der Waals surface area contributed by atoms with E-state index in [1.807, 2.05) is 115 Å². The Labute approximate surface area is 232 Å². The molecule has 0 radical (unpaired) electrons. The molecular weight excluding hydrogens is 549 g/mol. The minimum Gasteiger partial charge on any atom is -0.308 e. The number of fused-ring (bicyclic) bond motifs is 1. The second kappa shape index (κ2) is 9.88. The van der Waals surface area contributed by atoms with E-state index in [0.29, 0.717) is 47.5 Å². The summed E-state index contributed by atoms with van der Waals surface area (Å²) in [5, 5.41) is 3.87. The predicted octanol–water partition coefficient (Wildman–Crippen LogP) is 8.05. The molecule has 0 amide bonds. The summed E-state index contributed by atoms with van der Waals surface area (Å²) in [5.41, 5.74) is 2.12. The van der Waals surface area contributed by atoms with E-state index in [1.54, 1.807) is 18.2 Å². The van der Waals surface area contributed by atoms with Gasteiger partial charge in [-0.1, -0.05) is 138 Å². The summed E-state index contributed by atoms with van der Waals surface area (Å²) < 4.78 is 31.8. The Morgan fingerprint density at radius 2 is 1.05 bits per heavy atom. The lowest BCUT2D eigenvalue weighted by Gasteiger charge is -2.28. The molecule has 0 saturated carbocycles. The molecule has 0 saturated heterocycles. The van der Waals surface area contributed by atoms with Crippen LogP contribution in [0.2, 0.25) is 10.0 Å². The second-order valence-corrected chi connectivity index (χ2v) is 15.7. The fourth-order valence-electron chi connectivity index (χ4n) is 5.26. The molecule has 0 fully saturated rings. The van der Waals surface area contributed by atoms with Crippen LogP contribution in [0, 0.1) is 0 Å². The van der Waals surface area contributed by atoms with Gasteiger partial charge in [-0.2, -0.15) is 0 Å². The monoisotopic (exact) mass is 570 g/mol. The van der Waals surface area contributed by atoms with E-state index in [2.05, 4.69) is 0 Å². The van der Waals surface area contributed by atoms with Crippen molar-refractivity contribution in [3.05, 3.63) is 160 Å². The first-order chi connectivity index (χ1) is 18.4. The molecule has 0 aromatic heterocycles. The van der Waals surface area contributed by atoms with Crippen molar-refractivity contribution in [2.75, 3.05) is 0 Å². The maximum atomic E-state index is 15.9. The summed E-state index contributed by atoms with van der Waals surface area (Å²) in [4.78, 5) is 0. The van der Waals surface area contributed by atoms with E-state index in [-0.39, 0.29) is 0 Å². The summed E-state index contributed by atoms with van der Waals surface area (Å²) in [6.07, 6.45) is 0. The summed E-state index contributed by atoms with van der Waals surface area (Å²) in [6, 6.07) is 41.0. The fraction of sp³-hybridized carbons (Fsp3) is 0. The van der Waals surface area contributed by atoms with Crippen LogP contribution in [-0.4, -0.2) is 0 Å². The van der Waals surface area contributed by atoms with Gasteiger partial charge in [-0.05, 0) is 29.3 Å². The highest BCUT2D eigenvalue weighted by Crippen LogP contribution is 2.75. The van der Waals surface area contributed by atoms with Crippen molar-refractivity contribution in [2.24, 2.45) is 0 Å². The Kier molecular flexibility index (Phi) is 6.55. The number of hydrogen-bond donors (Lipinski definition) is 0. The summed E-state index contributed by atoms with van der Waals surface area (Å²) >= 11 is 13.0. The Bertz CT molecular complexity index is 1720. The molecule has 6 heteroatoms. The van der Waals surface area contributed by atoms with Gasteiger partial charge in [0.25, 0.3) is 0 Å². The van der Waals surface area contributed by atoms with Gasteiger partial charge < -0.3 is 9.13 Å². The van der Waals surface area contributed by atoms with Crippen molar-refractivity contribution in [3.63, 3.8) is 0 Å². The quantitative estimate of drug-likeness (QED) is 0.200. The number of benzene rings is 5. The van der Waals surface area contributed by atoms with Crippen LogP contribution in [0.15, 0.2) is 139 Å². The molecule has 5 aromatic rings. The molecule has 0 N–H and O–H groups in total. The van der Waals surface area contributed by atoms with Crippen LogP contribution >= 0.6 is 37.5 Å². The molecule has 0 spiro atoms. The van der Waals surface area contributed by atoms with E-state index in [4.69, 9.17) is 23.2 Å². The van der Waals surface area contributed by atoms with Crippen LogP contribution in [0.4, 0.5) is 0 Å². The fourth-order valence-corrected chi connectivity index (χ4v) is 14.0. The molecule has 1 aliphatic heterocycles. The zero-order chi connectivity index (χ0) is 26.3. The maximum Gasteiger partial charge on any atom is 0.176 e. The van der Waals surface area contributed by atoms with Crippen molar-refractivity contribution in [1.29, 1.82) is 0 Å². The Morgan fingerprint density at radius 1 is 0.579 bits per heavy atom. The van der Waals surface area contributed by atoms with E-state index >= 15 is 9.13 Å². The zero-order valence-corrected chi connectivity index (χ0v) is 23.5. The molecule has 1 unspecified atom stereocenters. The average Bonchev–Trinajstić information content (AvgIpc) is 3.24. The molecule has 1 heterocycles. The highest BCUT2D eigenvalue weighted by Gasteiger charge is 2.51. The van der Waals surface area contributed by atoms with Gasteiger partial charge in [-0.15, -0.1) is 0 Å². The third-order valence-corrected chi connectivity index (χ3v) is 14.8. The average molecular weight is 571 g/mol. The van der Waals surface area contributed by atoms with Crippen molar-refractivity contribution < 1.29 is 9.13 Å². The minimum atomic E-state index is -3.66. The Balaban J connectivity index is 1.85. The van der Waals surface area contributed by atoms with E-state index < -0.39 is 14.3 Å². The number of hydrogen-bond acceptors (Lipinski definition) is 2. The molecule has 5 aromatic carbocycles. The van der Waals surface area contributed by atoms with E-state index in [0.717, 1.165) is 5.56 Å². The second-order valence-electron chi connectivity index (χ2n) is 9.10. The van der Waals surface area contributed by atoms with Crippen LogP contribution in [0.1, 0.15) is 11.1 Å². The van der Waals surface area contributed by atoms with Gasteiger partial charge in [0, 0.05) is 36.8 Å². The molecular formula is C32H22Cl2O2P2. The highest BCUT2D eigenvalue weighted by atomic mass is 35.5. The van der Waals surface area contributed by atoms with Crippen LogP contribution in [0.3, 0.4) is 0 Å². The lowest BCUT2D eigenvalue weighted by molar-refractivity contribution is 0.586. The van der Waals surface area contributed by atoms with Gasteiger partial charge in [0.1, 0.15) is 0 Å². The number of halogens is 2. The molecule has 186 valence electrons. The summed E-state index contributed by atoms with van der Waals surface area (Å²) in [7, 11) is -7.26. The van der Waals surface area contributed by atoms with Crippen molar-refractivity contribution in [3.8, 4) is 0 Å². The van der Waals surface area contributed by atoms with Crippen molar-refractivity contribution in [1.82, 2.24) is 0 Å². The van der Waals surface area contributed by atoms with Crippen LogP contribution in [-0.2, 0) is 9.13 Å². The molecule has 0 aliphatic carbocycles. The minimum absolute atomic E-state index is 0.424. The van der Waals surface area contributed by atoms with Crippen LogP contribution in [0.25, 0.3) is 5.57 Å². The Hall–Kier alpha value is -3.12. The molecule has 0 bridgehead atoms. The topological polar surface area (TPSA) is 34.1 Å². The lowest BCUT2D eigenvalue weighted by atomic mass is 10.00. The van der Waals surface area contributed by atoms with Gasteiger partial charge in [0.2, 0.25) is 0 Å². The first-order valence-corrected chi connectivity index (χ1v) is 16.3. The van der Waals surface area contributed by atoms with E-state index in [1.165, 1.54) is 0 Å². The first kappa shape index (κ1) is 25.2. The van der Waals surface area contributed by atoms with Gasteiger partial charge in [-0.25, -0.2) is 0 Å². The smallest absolute Gasteiger partial charge is 0.176 e. The van der Waals surface area contributed by atoms with Gasteiger partial charge in [0.15, 0.2) is 14.3 Å². The van der Waals surface area contributed by atoms with Crippen LogP contribution in [0.5, 0.6) is 0 Å². The largest absolute Gasteiger partial charge is 0.308 e. The normalized spacial score (nSPS) is 16.9. The highest BCUT2D eigenvalue weighted by molar-refractivity contribution is 8.01. The standard InChI is InChI=1S/C32H22Cl2O2P2/c33-24-20-23(21-25(34)22-24)31-29-18-10-11-19-30(29)38(36,28-16-8-3-9-17-28)32(31)37(35,26-12-4-1-5-13-26)27-14-6-2-7-15-27/h1-22H. The Morgan fingerprint density at radius 3 is 1.61 bits per heavy atom. The van der Waals surface area contributed by atoms with Gasteiger partial charge >= 0.3 is 0 Å². The molecule has 38 heavy (non-hydrogen) atoms. The summed E-state index contributed by atoms with van der Waals surface area (Å²) in [5.74, 6) is 0. The maximum absolute atomic E-state index is 15.9. The summed E-state index contributed by atoms with van der Waals surface area (Å²) in [6.45, 7) is 0. The third kappa shape index (κ3) is 3.96. The molecule has 2 nitrogen and oxygen atoms in total. The first-order valence-electron chi connectivity index (χ1n) is 12.1. The predicted molar refractivity (Wildman–Crippen MR) is 162 cm³/mol. The third-order valence-electron chi connectivity index (χ3n) is 6.84. The molecule has 1 atom stereocenters. The molecule has 6 rings (SSSR count). The van der Waals surface area contributed by atoms with Gasteiger partial charge in [-0.3, -0.25) is 0 Å². The lowest BCUT2D eigenvalue weighted by Crippen LogP contribution is -2.22. The van der Waals surface area contributed by atoms with Crippen LogP contribution < -0.4 is 21.2 Å². The number of rotatable bonds is 5. The molecule has 1 aliphatic rings. The van der Waals surface area contributed by atoms with Crippen molar-refractivity contribution >= 4 is 64.3 Å². The zero-order valence-electron chi connectivity index (χ0n) is 20.2. The van der Waals surface area contributed by atoms with Crippen molar-refractivity contribution in [2.45, 2.75) is 0 Å². The SMILES string of the molecule is O=P(C1=C(c2cc(Cl)cc(Cl)c2)c2ccccc2P1(=O)c1ccccc1)(c1ccccc1)c1ccccc1. The van der Waals surface area contributed by atoms with Gasteiger partial charge in [0.05, 0.1) is 5.06 Å².